The monoisotopic (exact) mass is 321 g/mol. The molecule has 0 radical (unpaired) electrons. The minimum absolute atomic E-state index is 0.105. The summed E-state index contributed by atoms with van der Waals surface area (Å²) in [5.74, 6) is -1.14. The summed E-state index contributed by atoms with van der Waals surface area (Å²) in [6.07, 6.45) is 0. The first-order valence-electron chi connectivity index (χ1n) is 3.65. The summed E-state index contributed by atoms with van der Waals surface area (Å²) in [5, 5.41) is 8.91. The van der Waals surface area contributed by atoms with Crippen molar-refractivity contribution in [2.45, 2.75) is 0 Å². The van der Waals surface area contributed by atoms with Crippen LogP contribution in [0.25, 0.3) is 0 Å². The molecule has 1 aromatic rings. The largest absolute Gasteiger partial charge is 0.382 e. The van der Waals surface area contributed by atoms with E-state index in [1.54, 1.807) is 0 Å². The zero-order chi connectivity index (χ0) is 11.6. The van der Waals surface area contributed by atoms with Crippen molar-refractivity contribution in [1.82, 2.24) is 15.3 Å². The van der Waals surface area contributed by atoms with Gasteiger partial charge in [-0.3, -0.25) is 15.5 Å². The molecule has 0 fully saturated rings. The van der Waals surface area contributed by atoms with E-state index < -0.39 is 11.9 Å². The van der Waals surface area contributed by atoms with Crippen LogP contribution in [0.3, 0.4) is 0 Å². The average Bonchev–Trinajstić information content (AvgIpc) is 2.09. The number of hydrogen-bond donors (Lipinski definition) is 5. The molecular weight excluding hydrogens is 313 g/mol. The Kier molecular flexibility index (Phi) is 3.24. The quantitative estimate of drug-likeness (QED) is 0.250. The van der Waals surface area contributed by atoms with E-state index >= 15 is 0 Å². The van der Waals surface area contributed by atoms with Gasteiger partial charge in [0.25, 0.3) is 5.91 Å². The lowest BCUT2D eigenvalue weighted by molar-refractivity contribution is 0.0972. The van der Waals surface area contributed by atoms with E-state index in [0.717, 1.165) is 0 Å². The van der Waals surface area contributed by atoms with Crippen LogP contribution in [0.15, 0.2) is 0 Å². The Morgan fingerprint density at radius 1 is 1.33 bits per heavy atom. The van der Waals surface area contributed by atoms with E-state index in [9.17, 15) is 4.79 Å². The number of hydrogen-bond acceptors (Lipinski definition) is 6. The molecule has 0 saturated carbocycles. The summed E-state index contributed by atoms with van der Waals surface area (Å²) in [7, 11) is 0. The zero-order valence-corrected chi connectivity index (χ0v) is 9.57. The molecule has 1 heterocycles. The Morgan fingerprint density at radius 3 is 2.47 bits per heavy atom. The second-order valence-electron chi connectivity index (χ2n) is 2.50. The van der Waals surface area contributed by atoms with Crippen molar-refractivity contribution in [3.8, 4) is 0 Å². The van der Waals surface area contributed by atoms with Gasteiger partial charge in [-0.05, 0) is 22.6 Å². The summed E-state index contributed by atoms with van der Waals surface area (Å²) in [5.41, 5.74) is 15.7. The van der Waals surface area contributed by atoms with Gasteiger partial charge in [0.05, 0.1) is 0 Å². The van der Waals surface area contributed by atoms with Gasteiger partial charge in [0, 0.05) is 0 Å². The highest BCUT2D eigenvalue weighted by atomic mass is 127. The van der Waals surface area contributed by atoms with E-state index in [2.05, 4.69) is 9.97 Å². The van der Waals surface area contributed by atoms with Crippen molar-refractivity contribution in [3.05, 3.63) is 9.39 Å². The SMILES string of the molecule is N=C(N)NC(=O)c1nc(I)c(N)nc1N. The van der Waals surface area contributed by atoms with Crippen LogP contribution in [-0.4, -0.2) is 21.8 Å². The fourth-order valence-electron chi connectivity index (χ4n) is 0.790. The number of nitrogens with two attached hydrogens (primary N) is 3. The lowest BCUT2D eigenvalue weighted by atomic mass is 10.4. The van der Waals surface area contributed by atoms with E-state index in [4.69, 9.17) is 22.6 Å². The molecule has 8 N–H and O–H groups in total. The van der Waals surface area contributed by atoms with Crippen LogP contribution in [0.1, 0.15) is 10.5 Å². The van der Waals surface area contributed by atoms with E-state index in [0.29, 0.717) is 3.70 Å². The lowest BCUT2D eigenvalue weighted by Gasteiger charge is -2.05. The normalized spacial score (nSPS) is 9.67. The molecular formula is C6H8IN7O. The third-order valence-corrected chi connectivity index (χ3v) is 2.16. The highest BCUT2D eigenvalue weighted by molar-refractivity contribution is 14.1. The average molecular weight is 321 g/mol. The first-order valence-corrected chi connectivity index (χ1v) is 4.73. The van der Waals surface area contributed by atoms with Gasteiger partial charge in [0.2, 0.25) is 0 Å². The van der Waals surface area contributed by atoms with Gasteiger partial charge in [0.15, 0.2) is 23.3 Å². The molecule has 1 aromatic heterocycles. The summed E-state index contributed by atoms with van der Waals surface area (Å²) in [6, 6.07) is 0. The molecule has 0 aliphatic carbocycles. The maximum Gasteiger partial charge on any atom is 0.280 e. The topological polar surface area (TPSA) is 157 Å². The zero-order valence-electron chi connectivity index (χ0n) is 7.41. The van der Waals surface area contributed by atoms with Gasteiger partial charge in [-0.1, -0.05) is 0 Å². The van der Waals surface area contributed by atoms with Crippen LogP contribution in [0.4, 0.5) is 11.6 Å². The lowest BCUT2D eigenvalue weighted by Crippen LogP contribution is -2.36. The molecule has 0 unspecified atom stereocenters. The van der Waals surface area contributed by atoms with Gasteiger partial charge in [0.1, 0.15) is 3.70 Å². The van der Waals surface area contributed by atoms with Gasteiger partial charge < -0.3 is 17.2 Å². The second-order valence-corrected chi connectivity index (χ2v) is 3.52. The van der Waals surface area contributed by atoms with Crippen LogP contribution in [0.5, 0.6) is 0 Å². The highest BCUT2D eigenvalue weighted by Crippen LogP contribution is 2.14. The van der Waals surface area contributed by atoms with E-state index in [1.807, 2.05) is 27.9 Å². The summed E-state index contributed by atoms with van der Waals surface area (Å²) in [4.78, 5) is 18.9. The van der Waals surface area contributed by atoms with Gasteiger partial charge >= 0.3 is 0 Å². The smallest absolute Gasteiger partial charge is 0.280 e. The molecule has 0 atom stereocenters. The number of rotatable bonds is 1. The Balaban J connectivity index is 3.09. The molecule has 0 bridgehead atoms. The molecule has 0 spiro atoms. The van der Waals surface area contributed by atoms with Crippen LogP contribution in [-0.2, 0) is 0 Å². The van der Waals surface area contributed by atoms with Crippen molar-refractivity contribution in [2.24, 2.45) is 5.73 Å². The molecule has 8 nitrogen and oxygen atoms in total. The number of nitrogens with zero attached hydrogens (tertiary/aromatic N) is 2. The van der Waals surface area contributed by atoms with Crippen molar-refractivity contribution in [2.75, 3.05) is 11.5 Å². The molecule has 0 aromatic carbocycles. The second kappa shape index (κ2) is 4.25. The van der Waals surface area contributed by atoms with Crippen LogP contribution < -0.4 is 22.5 Å². The maximum absolute atomic E-state index is 11.4. The number of nitrogens with one attached hydrogen (secondary N) is 2. The predicted molar refractivity (Wildman–Crippen MR) is 63.0 cm³/mol. The van der Waals surface area contributed by atoms with Crippen LogP contribution >= 0.6 is 22.6 Å². The molecule has 1 amide bonds. The predicted octanol–water partition coefficient (Wildman–Crippen LogP) is -1.13. The Hall–Kier alpha value is -1.65. The van der Waals surface area contributed by atoms with Crippen molar-refractivity contribution in [1.29, 1.82) is 5.41 Å². The third kappa shape index (κ3) is 2.65. The number of amides is 1. The van der Waals surface area contributed by atoms with Gasteiger partial charge in [-0.15, -0.1) is 0 Å². The minimum Gasteiger partial charge on any atom is -0.382 e. The summed E-state index contributed by atoms with van der Waals surface area (Å²) >= 11 is 1.81. The number of anilines is 2. The molecule has 15 heavy (non-hydrogen) atoms. The molecule has 0 aliphatic rings. The number of carbonyl (C=O) groups excluding carboxylic acids is 1. The maximum atomic E-state index is 11.4. The standard InChI is InChI=1S/C6H8IN7O/c7-2-4(9)13-3(8)1(12-2)5(15)14-6(10)11/h(H4,8,9,13)(H4,10,11,14,15). The van der Waals surface area contributed by atoms with Crippen molar-refractivity contribution < 1.29 is 4.79 Å². The van der Waals surface area contributed by atoms with Crippen molar-refractivity contribution in [3.63, 3.8) is 0 Å². The number of guanidine groups is 1. The minimum atomic E-state index is -0.689. The molecule has 80 valence electrons. The van der Waals surface area contributed by atoms with E-state index in [1.165, 1.54) is 0 Å². The van der Waals surface area contributed by atoms with Crippen molar-refractivity contribution >= 4 is 46.1 Å². The number of halogens is 1. The Morgan fingerprint density at radius 2 is 1.93 bits per heavy atom. The fourth-order valence-corrected chi connectivity index (χ4v) is 1.15. The molecule has 9 heteroatoms. The Labute approximate surface area is 98.3 Å². The third-order valence-electron chi connectivity index (χ3n) is 1.37. The number of aromatic nitrogens is 2. The molecule has 0 aliphatic heterocycles. The molecule has 0 saturated heterocycles. The first kappa shape index (κ1) is 11.4. The van der Waals surface area contributed by atoms with Gasteiger partial charge in [-0.25, -0.2) is 9.97 Å². The summed E-state index contributed by atoms with van der Waals surface area (Å²) in [6.45, 7) is 0. The van der Waals surface area contributed by atoms with E-state index in [-0.39, 0.29) is 17.3 Å². The number of carbonyl (C=O) groups is 1. The van der Waals surface area contributed by atoms with Crippen LogP contribution in [0, 0.1) is 9.11 Å². The fraction of sp³-hybridized carbons (Fsp3) is 0. The highest BCUT2D eigenvalue weighted by Gasteiger charge is 2.15. The van der Waals surface area contributed by atoms with Gasteiger partial charge in [-0.2, -0.15) is 0 Å². The van der Waals surface area contributed by atoms with Crippen LogP contribution in [0.2, 0.25) is 0 Å². The summed E-state index contributed by atoms with van der Waals surface area (Å²) < 4.78 is 0.357. The first-order chi connectivity index (χ1) is 6.91. The Bertz CT molecular complexity index is 432. The molecule has 1 rings (SSSR count). The number of nitrogen functional groups attached to an aromatic ring is 2.